The smallest absolute Gasteiger partial charge is 0.269 e. The van der Waals surface area contributed by atoms with Gasteiger partial charge in [0.25, 0.3) is 5.69 Å². The minimum absolute atomic E-state index is 0.0125. The first-order valence-electron chi connectivity index (χ1n) is 4.20. The molecular weight excluding hydrogens is 184 g/mol. The van der Waals surface area contributed by atoms with Crippen molar-refractivity contribution in [1.82, 2.24) is 5.32 Å². The summed E-state index contributed by atoms with van der Waals surface area (Å²) in [5.74, 6) is -0.0125. The number of rotatable bonds is 2. The molecule has 5 heteroatoms. The van der Waals surface area contributed by atoms with Crippen LogP contribution < -0.4 is 5.32 Å². The molecule has 1 saturated heterocycles. The minimum Gasteiger partial charge on any atom is -0.349 e. The Morgan fingerprint density at radius 3 is 2.79 bits per heavy atom. The number of β-lactam (4-membered cyclic amide) rings is 1. The number of nitro groups is 1. The summed E-state index contributed by atoms with van der Waals surface area (Å²) in [6.45, 7) is 0. The Hall–Kier alpha value is -1.91. The summed E-state index contributed by atoms with van der Waals surface area (Å²) in [6.07, 6.45) is 0.418. The van der Waals surface area contributed by atoms with Crippen LogP contribution in [0.1, 0.15) is 18.0 Å². The van der Waals surface area contributed by atoms with Crippen LogP contribution in [0.5, 0.6) is 0 Å². The van der Waals surface area contributed by atoms with Gasteiger partial charge in [0.05, 0.1) is 17.4 Å². The van der Waals surface area contributed by atoms with Gasteiger partial charge in [-0.2, -0.15) is 0 Å². The van der Waals surface area contributed by atoms with Gasteiger partial charge in [-0.15, -0.1) is 0 Å². The topological polar surface area (TPSA) is 72.2 Å². The number of nitro benzene ring substituents is 1. The predicted octanol–water partition coefficient (Wildman–Crippen LogP) is 1.16. The molecule has 1 amide bonds. The highest BCUT2D eigenvalue weighted by molar-refractivity contribution is 5.83. The SMILES string of the molecule is O=C1C[C@H](c2cccc([N+](=O)[O-])c2)N1. The third-order valence-electron chi connectivity index (χ3n) is 2.21. The summed E-state index contributed by atoms with van der Waals surface area (Å²) in [7, 11) is 0. The van der Waals surface area contributed by atoms with E-state index in [1.54, 1.807) is 12.1 Å². The van der Waals surface area contributed by atoms with Gasteiger partial charge in [0.15, 0.2) is 0 Å². The molecule has 1 aliphatic heterocycles. The van der Waals surface area contributed by atoms with E-state index in [0.717, 1.165) is 5.56 Å². The molecule has 1 fully saturated rings. The lowest BCUT2D eigenvalue weighted by Crippen LogP contribution is -2.41. The van der Waals surface area contributed by atoms with E-state index in [1.165, 1.54) is 12.1 Å². The van der Waals surface area contributed by atoms with Gasteiger partial charge in [0, 0.05) is 12.1 Å². The molecule has 1 aliphatic rings. The number of nitrogens with one attached hydrogen (secondary N) is 1. The van der Waals surface area contributed by atoms with E-state index in [2.05, 4.69) is 5.32 Å². The van der Waals surface area contributed by atoms with Crippen LogP contribution >= 0.6 is 0 Å². The number of non-ortho nitro benzene ring substituents is 1. The molecular formula is C9H8N2O3. The number of nitrogens with zero attached hydrogens (tertiary/aromatic N) is 1. The number of benzene rings is 1. The van der Waals surface area contributed by atoms with Crippen molar-refractivity contribution < 1.29 is 9.72 Å². The Morgan fingerprint density at radius 2 is 2.21 bits per heavy atom. The molecule has 1 heterocycles. The molecule has 14 heavy (non-hydrogen) atoms. The summed E-state index contributed by atoms with van der Waals surface area (Å²) in [6, 6.07) is 6.27. The molecule has 0 bridgehead atoms. The molecule has 2 rings (SSSR count). The molecule has 0 unspecified atom stereocenters. The van der Waals surface area contributed by atoms with Crippen molar-refractivity contribution in [1.29, 1.82) is 0 Å². The molecule has 5 nitrogen and oxygen atoms in total. The Balaban J connectivity index is 2.22. The van der Waals surface area contributed by atoms with E-state index in [9.17, 15) is 14.9 Å². The highest BCUT2D eigenvalue weighted by Crippen LogP contribution is 2.26. The van der Waals surface area contributed by atoms with Gasteiger partial charge in [0.1, 0.15) is 0 Å². The summed E-state index contributed by atoms with van der Waals surface area (Å²) in [5, 5.41) is 13.1. The van der Waals surface area contributed by atoms with Gasteiger partial charge in [-0.25, -0.2) is 0 Å². The van der Waals surface area contributed by atoms with Crippen molar-refractivity contribution in [3.05, 3.63) is 39.9 Å². The van der Waals surface area contributed by atoms with E-state index in [-0.39, 0.29) is 17.6 Å². The van der Waals surface area contributed by atoms with Crippen LogP contribution in [0.4, 0.5) is 5.69 Å². The van der Waals surface area contributed by atoms with Gasteiger partial charge in [-0.1, -0.05) is 12.1 Å². The zero-order chi connectivity index (χ0) is 10.1. The van der Waals surface area contributed by atoms with E-state index in [1.807, 2.05) is 0 Å². The van der Waals surface area contributed by atoms with E-state index in [4.69, 9.17) is 0 Å². The van der Waals surface area contributed by atoms with Crippen molar-refractivity contribution in [2.45, 2.75) is 12.5 Å². The van der Waals surface area contributed by atoms with Crippen molar-refractivity contribution in [2.75, 3.05) is 0 Å². The second-order valence-electron chi connectivity index (χ2n) is 3.18. The third kappa shape index (κ3) is 1.44. The van der Waals surface area contributed by atoms with Crippen LogP contribution in [0.2, 0.25) is 0 Å². The highest BCUT2D eigenvalue weighted by Gasteiger charge is 2.27. The summed E-state index contributed by atoms with van der Waals surface area (Å²) in [5.41, 5.74) is 0.849. The maximum atomic E-state index is 10.7. The van der Waals surface area contributed by atoms with Crippen LogP contribution in [-0.4, -0.2) is 10.8 Å². The zero-order valence-electron chi connectivity index (χ0n) is 7.27. The maximum Gasteiger partial charge on any atom is 0.269 e. The quantitative estimate of drug-likeness (QED) is 0.434. The number of hydrogen-bond donors (Lipinski definition) is 1. The van der Waals surface area contributed by atoms with Gasteiger partial charge in [-0.05, 0) is 5.56 Å². The Kier molecular flexibility index (Phi) is 1.92. The van der Waals surface area contributed by atoms with Crippen LogP contribution in [0, 0.1) is 10.1 Å². The van der Waals surface area contributed by atoms with E-state index >= 15 is 0 Å². The Labute approximate surface area is 79.9 Å². The number of carbonyl (C=O) groups excluding carboxylic acids is 1. The van der Waals surface area contributed by atoms with Crippen molar-refractivity contribution in [3.63, 3.8) is 0 Å². The first-order chi connectivity index (χ1) is 6.66. The van der Waals surface area contributed by atoms with Gasteiger partial charge in [-0.3, -0.25) is 14.9 Å². The van der Waals surface area contributed by atoms with Crippen molar-refractivity contribution in [3.8, 4) is 0 Å². The monoisotopic (exact) mass is 192 g/mol. The lowest BCUT2D eigenvalue weighted by molar-refractivity contribution is -0.384. The minimum atomic E-state index is -0.440. The standard InChI is InChI=1S/C9H8N2O3/c12-9-5-8(10-9)6-2-1-3-7(4-6)11(13)14/h1-4,8H,5H2,(H,10,12)/t8-/m1/s1. The molecule has 1 N–H and O–H groups in total. The maximum absolute atomic E-state index is 10.7. The molecule has 0 radical (unpaired) electrons. The molecule has 72 valence electrons. The van der Waals surface area contributed by atoms with E-state index < -0.39 is 4.92 Å². The van der Waals surface area contributed by atoms with Crippen molar-refractivity contribution >= 4 is 11.6 Å². The summed E-state index contributed by atoms with van der Waals surface area (Å²) in [4.78, 5) is 20.7. The van der Waals surface area contributed by atoms with Gasteiger partial charge >= 0.3 is 0 Å². The van der Waals surface area contributed by atoms with Crippen LogP contribution in [0.25, 0.3) is 0 Å². The third-order valence-corrected chi connectivity index (χ3v) is 2.21. The van der Waals surface area contributed by atoms with E-state index in [0.29, 0.717) is 6.42 Å². The van der Waals surface area contributed by atoms with Gasteiger partial charge < -0.3 is 5.32 Å². The molecule has 0 spiro atoms. The molecule has 0 saturated carbocycles. The average Bonchev–Trinajstić information content (AvgIpc) is 2.13. The van der Waals surface area contributed by atoms with Crippen LogP contribution in [0.3, 0.4) is 0 Å². The number of amides is 1. The second kappa shape index (κ2) is 3.10. The molecule has 1 aromatic rings. The molecule has 0 aliphatic carbocycles. The predicted molar refractivity (Wildman–Crippen MR) is 48.6 cm³/mol. The van der Waals surface area contributed by atoms with Crippen LogP contribution in [0.15, 0.2) is 24.3 Å². The fourth-order valence-electron chi connectivity index (χ4n) is 1.41. The zero-order valence-corrected chi connectivity index (χ0v) is 7.27. The Bertz CT molecular complexity index is 395. The second-order valence-corrected chi connectivity index (χ2v) is 3.18. The fourth-order valence-corrected chi connectivity index (χ4v) is 1.41. The molecule has 1 aromatic carbocycles. The number of carbonyl (C=O) groups is 1. The highest BCUT2D eigenvalue weighted by atomic mass is 16.6. The fraction of sp³-hybridized carbons (Fsp3) is 0.222. The van der Waals surface area contributed by atoms with Crippen molar-refractivity contribution in [2.24, 2.45) is 0 Å². The first kappa shape index (κ1) is 8.68. The largest absolute Gasteiger partial charge is 0.349 e. The normalized spacial score (nSPS) is 19.7. The Morgan fingerprint density at radius 1 is 1.50 bits per heavy atom. The molecule has 1 atom stereocenters. The van der Waals surface area contributed by atoms with Gasteiger partial charge in [0.2, 0.25) is 5.91 Å². The lowest BCUT2D eigenvalue weighted by Gasteiger charge is -2.26. The summed E-state index contributed by atoms with van der Waals surface area (Å²) < 4.78 is 0. The van der Waals surface area contributed by atoms with Crippen LogP contribution in [-0.2, 0) is 4.79 Å². The summed E-state index contributed by atoms with van der Waals surface area (Å²) >= 11 is 0. The molecule has 0 aromatic heterocycles. The first-order valence-corrected chi connectivity index (χ1v) is 4.20. The average molecular weight is 192 g/mol. The number of hydrogen-bond acceptors (Lipinski definition) is 3. The lowest BCUT2D eigenvalue weighted by atomic mass is 9.97.